The van der Waals surface area contributed by atoms with Gasteiger partial charge in [-0.2, -0.15) is 0 Å². The van der Waals surface area contributed by atoms with Gasteiger partial charge in [0, 0.05) is 26.2 Å². The molecule has 5 heteroatoms. The lowest BCUT2D eigenvalue weighted by Gasteiger charge is -2.16. The molecule has 1 aromatic rings. The molecule has 2 saturated heterocycles. The SMILES string of the molecule is CCNC(=NCc1ccc(CN2CCCC2)cc1)NCC1CCN(C)C1. The number of aliphatic imine (C=N–C) groups is 1. The molecule has 0 amide bonds. The fraction of sp³-hybridized carbons (Fsp3) is 0.667. The molecular formula is C21H35N5. The molecule has 2 aliphatic rings. The summed E-state index contributed by atoms with van der Waals surface area (Å²) in [4.78, 5) is 9.71. The molecule has 1 atom stereocenters. The average Bonchev–Trinajstić information content (AvgIpc) is 3.30. The minimum Gasteiger partial charge on any atom is -0.357 e. The average molecular weight is 358 g/mol. The lowest BCUT2D eigenvalue weighted by atomic mass is 10.1. The molecule has 0 saturated carbocycles. The Hall–Kier alpha value is -1.59. The van der Waals surface area contributed by atoms with E-state index in [1.807, 2.05) is 0 Å². The molecule has 0 aliphatic carbocycles. The van der Waals surface area contributed by atoms with Crippen LogP contribution in [0.2, 0.25) is 0 Å². The van der Waals surface area contributed by atoms with E-state index < -0.39 is 0 Å². The highest BCUT2D eigenvalue weighted by atomic mass is 15.2. The van der Waals surface area contributed by atoms with Crippen LogP contribution in [0, 0.1) is 5.92 Å². The molecule has 5 nitrogen and oxygen atoms in total. The summed E-state index contributed by atoms with van der Waals surface area (Å²) in [6, 6.07) is 8.98. The number of nitrogens with one attached hydrogen (secondary N) is 2. The number of hydrogen-bond donors (Lipinski definition) is 2. The summed E-state index contributed by atoms with van der Waals surface area (Å²) < 4.78 is 0. The minimum atomic E-state index is 0.726. The van der Waals surface area contributed by atoms with Crippen molar-refractivity contribution in [3.63, 3.8) is 0 Å². The summed E-state index contributed by atoms with van der Waals surface area (Å²) in [5.74, 6) is 1.66. The van der Waals surface area contributed by atoms with Crippen molar-refractivity contribution in [1.82, 2.24) is 20.4 Å². The normalized spacial score (nSPS) is 22.1. The summed E-state index contributed by atoms with van der Waals surface area (Å²) in [7, 11) is 2.20. The van der Waals surface area contributed by atoms with Gasteiger partial charge in [0.05, 0.1) is 6.54 Å². The van der Waals surface area contributed by atoms with E-state index in [1.165, 1.54) is 56.6 Å². The van der Waals surface area contributed by atoms with Crippen LogP contribution in [0.4, 0.5) is 0 Å². The third kappa shape index (κ3) is 5.99. The first-order valence-corrected chi connectivity index (χ1v) is 10.2. The lowest BCUT2D eigenvalue weighted by Crippen LogP contribution is -2.40. The predicted molar refractivity (Wildman–Crippen MR) is 109 cm³/mol. The highest BCUT2D eigenvalue weighted by Gasteiger charge is 2.19. The van der Waals surface area contributed by atoms with Crippen molar-refractivity contribution < 1.29 is 0 Å². The summed E-state index contributed by atoms with van der Waals surface area (Å²) >= 11 is 0. The third-order valence-corrected chi connectivity index (χ3v) is 5.44. The van der Waals surface area contributed by atoms with E-state index in [4.69, 9.17) is 4.99 Å². The Morgan fingerprint density at radius 3 is 2.46 bits per heavy atom. The van der Waals surface area contributed by atoms with Crippen LogP contribution in [0.5, 0.6) is 0 Å². The lowest BCUT2D eigenvalue weighted by molar-refractivity contribution is 0.331. The zero-order valence-electron chi connectivity index (χ0n) is 16.5. The Bertz CT molecular complexity index is 562. The molecule has 144 valence electrons. The summed E-state index contributed by atoms with van der Waals surface area (Å²) in [5.41, 5.74) is 2.68. The fourth-order valence-corrected chi connectivity index (χ4v) is 3.90. The molecule has 0 spiro atoms. The van der Waals surface area contributed by atoms with Crippen LogP contribution < -0.4 is 10.6 Å². The van der Waals surface area contributed by atoms with E-state index in [9.17, 15) is 0 Å². The smallest absolute Gasteiger partial charge is 0.191 e. The van der Waals surface area contributed by atoms with Crippen LogP contribution in [0.3, 0.4) is 0 Å². The number of benzene rings is 1. The van der Waals surface area contributed by atoms with E-state index in [2.05, 4.69) is 58.7 Å². The van der Waals surface area contributed by atoms with Crippen LogP contribution in [-0.2, 0) is 13.1 Å². The first kappa shape index (κ1) is 19.2. The largest absolute Gasteiger partial charge is 0.357 e. The van der Waals surface area contributed by atoms with Crippen molar-refractivity contribution >= 4 is 5.96 Å². The molecule has 26 heavy (non-hydrogen) atoms. The Morgan fingerprint density at radius 1 is 1.08 bits per heavy atom. The molecule has 3 rings (SSSR count). The number of hydrogen-bond acceptors (Lipinski definition) is 3. The van der Waals surface area contributed by atoms with Crippen LogP contribution >= 0.6 is 0 Å². The Kier molecular flexibility index (Phi) is 7.32. The molecule has 2 heterocycles. The van der Waals surface area contributed by atoms with Gasteiger partial charge in [0.25, 0.3) is 0 Å². The summed E-state index contributed by atoms with van der Waals surface area (Å²) in [6.45, 7) is 10.7. The zero-order valence-corrected chi connectivity index (χ0v) is 16.5. The monoisotopic (exact) mass is 357 g/mol. The number of nitrogens with zero attached hydrogens (tertiary/aromatic N) is 3. The summed E-state index contributed by atoms with van der Waals surface area (Å²) in [6.07, 6.45) is 3.98. The highest BCUT2D eigenvalue weighted by molar-refractivity contribution is 5.79. The Labute approximate surface area is 158 Å². The number of likely N-dealkylation sites (tertiary alicyclic amines) is 2. The second kappa shape index (κ2) is 9.93. The van der Waals surface area contributed by atoms with Gasteiger partial charge in [-0.15, -0.1) is 0 Å². The quantitative estimate of drug-likeness (QED) is 0.580. The molecule has 2 N–H and O–H groups in total. The van der Waals surface area contributed by atoms with Crippen LogP contribution in [0.25, 0.3) is 0 Å². The van der Waals surface area contributed by atoms with Gasteiger partial charge in [-0.25, -0.2) is 4.99 Å². The van der Waals surface area contributed by atoms with Crippen LogP contribution in [0.15, 0.2) is 29.3 Å². The van der Waals surface area contributed by atoms with E-state index in [1.54, 1.807) is 0 Å². The number of guanidine groups is 1. The Morgan fingerprint density at radius 2 is 1.81 bits per heavy atom. The molecule has 1 unspecified atom stereocenters. The van der Waals surface area contributed by atoms with Crippen molar-refractivity contribution in [3.05, 3.63) is 35.4 Å². The van der Waals surface area contributed by atoms with Gasteiger partial charge in [0.2, 0.25) is 0 Å². The van der Waals surface area contributed by atoms with E-state index in [0.717, 1.165) is 38.1 Å². The van der Waals surface area contributed by atoms with Gasteiger partial charge in [0.15, 0.2) is 5.96 Å². The molecule has 2 aliphatic heterocycles. The van der Waals surface area contributed by atoms with Gasteiger partial charge in [-0.05, 0) is 69.9 Å². The maximum atomic E-state index is 4.77. The molecule has 0 radical (unpaired) electrons. The van der Waals surface area contributed by atoms with Crippen molar-refractivity contribution in [2.45, 2.75) is 39.3 Å². The van der Waals surface area contributed by atoms with Crippen molar-refractivity contribution in [2.24, 2.45) is 10.9 Å². The van der Waals surface area contributed by atoms with E-state index in [-0.39, 0.29) is 0 Å². The first-order chi connectivity index (χ1) is 12.7. The van der Waals surface area contributed by atoms with Gasteiger partial charge in [0.1, 0.15) is 0 Å². The van der Waals surface area contributed by atoms with Gasteiger partial charge in [-0.3, -0.25) is 4.90 Å². The standard InChI is InChI=1S/C21H35N5/c1-3-22-21(24-15-20-10-13-25(2)16-20)23-14-18-6-8-19(9-7-18)17-26-11-4-5-12-26/h6-9,20H,3-5,10-17H2,1-2H3,(H2,22,23,24). The first-order valence-electron chi connectivity index (χ1n) is 10.2. The predicted octanol–water partition coefficient (Wildman–Crippen LogP) is 2.29. The van der Waals surface area contributed by atoms with Crippen molar-refractivity contribution in [2.75, 3.05) is 46.3 Å². The van der Waals surface area contributed by atoms with Gasteiger partial charge in [-0.1, -0.05) is 24.3 Å². The second-order valence-electron chi connectivity index (χ2n) is 7.79. The molecule has 2 fully saturated rings. The zero-order chi connectivity index (χ0) is 18.2. The topological polar surface area (TPSA) is 42.9 Å². The van der Waals surface area contributed by atoms with Gasteiger partial charge >= 0.3 is 0 Å². The molecular weight excluding hydrogens is 322 g/mol. The van der Waals surface area contributed by atoms with Crippen molar-refractivity contribution in [3.8, 4) is 0 Å². The van der Waals surface area contributed by atoms with Crippen molar-refractivity contribution in [1.29, 1.82) is 0 Å². The second-order valence-corrected chi connectivity index (χ2v) is 7.79. The highest BCUT2D eigenvalue weighted by Crippen LogP contribution is 2.14. The maximum Gasteiger partial charge on any atom is 0.191 e. The third-order valence-electron chi connectivity index (χ3n) is 5.44. The maximum absolute atomic E-state index is 4.77. The molecule has 0 bridgehead atoms. The minimum absolute atomic E-state index is 0.726. The fourth-order valence-electron chi connectivity index (χ4n) is 3.90. The molecule has 1 aromatic carbocycles. The number of rotatable bonds is 7. The molecule has 0 aromatic heterocycles. The van der Waals surface area contributed by atoms with Crippen LogP contribution in [-0.4, -0.2) is 62.1 Å². The Balaban J connectivity index is 1.48. The van der Waals surface area contributed by atoms with E-state index in [0.29, 0.717) is 0 Å². The summed E-state index contributed by atoms with van der Waals surface area (Å²) in [5, 5.41) is 6.88. The van der Waals surface area contributed by atoms with E-state index >= 15 is 0 Å². The van der Waals surface area contributed by atoms with Gasteiger partial charge < -0.3 is 15.5 Å². The van der Waals surface area contributed by atoms with Crippen LogP contribution in [0.1, 0.15) is 37.3 Å².